The van der Waals surface area contributed by atoms with Gasteiger partial charge in [0.1, 0.15) is 11.6 Å². The molecule has 0 aliphatic rings. The normalized spacial score (nSPS) is 11.4. The molecule has 0 radical (unpaired) electrons. The maximum absolute atomic E-state index is 12.1. The van der Waals surface area contributed by atoms with Gasteiger partial charge in [-0.2, -0.15) is 12.7 Å². The minimum absolute atomic E-state index is 0.110. The number of hydrogen-bond acceptors (Lipinski definition) is 4. The van der Waals surface area contributed by atoms with E-state index in [0.29, 0.717) is 30.1 Å². The van der Waals surface area contributed by atoms with Gasteiger partial charge in [0.05, 0.1) is 12.8 Å². The summed E-state index contributed by atoms with van der Waals surface area (Å²) < 4.78 is 33.2. The van der Waals surface area contributed by atoms with Gasteiger partial charge < -0.3 is 10.5 Å². The third-order valence-corrected chi connectivity index (χ3v) is 4.47. The Hall–Kier alpha value is -1.80. The molecule has 8 heteroatoms. The van der Waals surface area contributed by atoms with Gasteiger partial charge in [0.15, 0.2) is 0 Å². The molecule has 0 fully saturated rings. The van der Waals surface area contributed by atoms with Gasteiger partial charge in [0.2, 0.25) is 0 Å². The van der Waals surface area contributed by atoms with Crippen molar-refractivity contribution in [1.29, 1.82) is 5.41 Å². The molecular formula is C12H20N4O3S. The van der Waals surface area contributed by atoms with Crippen molar-refractivity contribution < 1.29 is 13.2 Å². The number of ether oxygens (including phenoxy) is 1. The first-order valence-corrected chi connectivity index (χ1v) is 7.60. The fourth-order valence-corrected chi connectivity index (χ4v) is 2.97. The lowest BCUT2D eigenvalue weighted by Crippen LogP contribution is -2.35. The van der Waals surface area contributed by atoms with E-state index in [0.717, 1.165) is 0 Å². The van der Waals surface area contributed by atoms with Crippen molar-refractivity contribution >= 4 is 21.7 Å². The van der Waals surface area contributed by atoms with Crippen LogP contribution in [-0.4, -0.2) is 38.8 Å². The summed E-state index contributed by atoms with van der Waals surface area (Å²) in [6.45, 7) is 4.27. The largest absolute Gasteiger partial charge is 0.495 e. The topological polar surface area (TPSA) is 109 Å². The molecule has 0 atom stereocenters. The van der Waals surface area contributed by atoms with Crippen molar-refractivity contribution in [2.24, 2.45) is 5.73 Å². The molecule has 0 aliphatic carbocycles. The number of nitrogens with two attached hydrogens (primary N) is 1. The van der Waals surface area contributed by atoms with Gasteiger partial charge in [-0.3, -0.25) is 10.1 Å². The van der Waals surface area contributed by atoms with Crippen molar-refractivity contribution in [3.05, 3.63) is 23.8 Å². The molecule has 0 heterocycles. The van der Waals surface area contributed by atoms with Crippen LogP contribution in [0.4, 0.5) is 5.69 Å². The summed E-state index contributed by atoms with van der Waals surface area (Å²) >= 11 is 0. The lowest BCUT2D eigenvalue weighted by molar-refractivity contribution is 0.416. The summed E-state index contributed by atoms with van der Waals surface area (Å²) in [6.07, 6.45) is 0. The van der Waals surface area contributed by atoms with Crippen LogP contribution in [-0.2, 0) is 10.2 Å². The fraction of sp³-hybridized carbons (Fsp3) is 0.417. The van der Waals surface area contributed by atoms with E-state index in [9.17, 15) is 8.42 Å². The molecule has 1 aromatic rings. The van der Waals surface area contributed by atoms with Gasteiger partial charge in [0, 0.05) is 18.7 Å². The quantitative estimate of drug-likeness (QED) is 0.515. The highest BCUT2D eigenvalue weighted by atomic mass is 32.2. The zero-order valence-electron chi connectivity index (χ0n) is 11.8. The van der Waals surface area contributed by atoms with Gasteiger partial charge in [-0.1, -0.05) is 13.8 Å². The van der Waals surface area contributed by atoms with Crippen molar-refractivity contribution in [3.8, 4) is 5.75 Å². The number of rotatable bonds is 7. The number of methoxy groups -OCH3 is 1. The van der Waals surface area contributed by atoms with Crippen LogP contribution in [0.3, 0.4) is 0 Å². The summed E-state index contributed by atoms with van der Waals surface area (Å²) in [5, 5.41) is 7.36. The Morgan fingerprint density at radius 2 is 2.00 bits per heavy atom. The monoisotopic (exact) mass is 300 g/mol. The molecule has 4 N–H and O–H groups in total. The Bertz CT molecular complexity index is 582. The van der Waals surface area contributed by atoms with Gasteiger partial charge in [0.25, 0.3) is 0 Å². The first-order valence-electron chi connectivity index (χ1n) is 6.16. The maximum atomic E-state index is 12.1. The zero-order chi connectivity index (χ0) is 15.3. The van der Waals surface area contributed by atoms with E-state index in [1.54, 1.807) is 19.9 Å². The molecule has 1 rings (SSSR count). The number of nitrogens with zero attached hydrogens (tertiary/aromatic N) is 1. The van der Waals surface area contributed by atoms with E-state index in [-0.39, 0.29) is 5.84 Å². The first kappa shape index (κ1) is 16.3. The SMILES string of the molecule is CCN(CC)S(=O)(=O)Nc1ccc(C(=N)N)cc1OC. The summed E-state index contributed by atoms with van der Waals surface area (Å²) in [6, 6.07) is 4.60. The molecule has 0 unspecified atom stereocenters. The van der Waals surface area contributed by atoms with Crippen molar-refractivity contribution in [2.75, 3.05) is 24.9 Å². The Labute approximate surface area is 119 Å². The number of nitrogen functional groups attached to an aromatic ring is 1. The van der Waals surface area contributed by atoms with Crippen LogP contribution in [0.15, 0.2) is 18.2 Å². The first-order chi connectivity index (χ1) is 9.35. The number of hydrogen-bond donors (Lipinski definition) is 3. The maximum Gasteiger partial charge on any atom is 0.301 e. The van der Waals surface area contributed by atoms with Crippen molar-refractivity contribution in [2.45, 2.75) is 13.8 Å². The lowest BCUT2D eigenvalue weighted by Gasteiger charge is -2.20. The second-order valence-electron chi connectivity index (χ2n) is 4.02. The van der Waals surface area contributed by atoms with Crippen LogP contribution in [0.2, 0.25) is 0 Å². The van der Waals surface area contributed by atoms with Gasteiger partial charge in [-0.25, -0.2) is 0 Å². The summed E-state index contributed by atoms with van der Waals surface area (Å²) in [5.74, 6) is 0.204. The van der Waals surface area contributed by atoms with Crippen LogP contribution in [0, 0.1) is 5.41 Å². The lowest BCUT2D eigenvalue weighted by atomic mass is 10.2. The number of anilines is 1. The third kappa shape index (κ3) is 3.61. The predicted octanol–water partition coefficient (Wildman–Crippen LogP) is 0.978. The van der Waals surface area contributed by atoms with Gasteiger partial charge >= 0.3 is 10.2 Å². The molecule has 0 spiro atoms. The number of benzene rings is 1. The van der Waals surface area contributed by atoms with E-state index < -0.39 is 10.2 Å². The van der Waals surface area contributed by atoms with Gasteiger partial charge in [-0.15, -0.1) is 0 Å². The van der Waals surface area contributed by atoms with Crippen molar-refractivity contribution in [1.82, 2.24) is 4.31 Å². The Morgan fingerprint density at radius 1 is 1.40 bits per heavy atom. The Morgan fingerprint density at radius 3 is 2.45 bits per heavy atom. The summed E-state index contributed by atoms with van der Waals surface area (Å²) in [4.78, 5) is 0. The average Bonchev–Trinajstić information content (AvgIpc) is 2.39. The van der Waals surface area contributed by atoms with E-state index in [1.165, 1.54) is 23.5 Å². The molecule has 7 nitrogen and oxygen atoms in total. The summed E-state index contributed by atoms with van der Waals surface area (Å²) in [5.41, 5.74) is 6.16. The molecule has 1 aromatic carbocycles. The molecule has 0 aliphatic heterocycles. The van der Waals surface area contributed by atoms with E-state index in [1.807, 2.05) is 0 Å². The van der Waals surface area contributed by atoms with Crippen LogP contribution >= 0.6 is 0 Å². The highest BCUT2D eigenvalue weighted by Crippen LogP contribution is 2.27. The number of amidine groups is 1. The minimum Gasteiger partial charge on any atom is -0.495 e. The van der Waals surface area contributed by atoms with Crippen molar-refractivity contribution in [3.63, 3.8) is 0 Å². The smallest absolute Gasteiger partial charge is 0.301 e. The predicted molar refractivity (Wildman–Crippen MR) is 79.5 cm³/mol. The third-order valence-electron chi connectivity index (χ3n) is 2.80. The van der Waals surface area contributed by atoms with E-state index >= 15 is 0 Å². The van der Waals surface area contributed by atoms with E-state index in [2.05, 4.69) is 4.72 Å². The molecule has 112 valence electrons. The molecule has 0 saturated carbocycles. The molecule has 0 amide bonds. The molecule has 0 saturated heterocycles. The van der Waals surface area contributed by atoms with E-state index in [4.69, 9.17) is 15.9 Å². The molecule has 0 bridgehead atoms. The number of nitrogens with one attached hydrogen (secondary N) is 2. The van der Waals surface area contributed by atoms with Crippen LogP contribution in [0.1, 0.15) is 19.4 Å². The highest BCUT2D eigenvalue weighted by molar-refractivity contribution is 7.90. The second kappa shape index (κ2) is 6.58. The van der Waals surface area contributed by atoms with Crippen LogP contribution in [0.5, 0.6) is 5.75 Å². The Balaban J connectivity index is 3.12. The molecular weight excluding hydrogens is 280 g/mol. The summed E-state index contributed by atoms with van der Waals surface area (Å²) in [7, 11) is -2.20. The second-order valence-corrected chi connectivity index (χ2v) is 5.69. The standard InChI is InChI=1S/C12H20N4O3S/c1-4-16(5-2)20(17,18)15-10-7-6-9(12(13)14)8-11(10)19-3/h6-8,15H,4-5H2,1-3H3,(H3,13,14). The van der Waals surface area contributed by atoms with Crippen LogP contribution < -0.4 is 15.2 Å². The highest BCUT2D eigenvalue weighted by Gasteiger charge is 2.20. The van der Waals surface area contributed by atoms with Crippen LogP contribution in [0.25, 0.3) is 0 Å². The Kier molecular flexibility index (Phi) is 5.34. The zero-order valence-corrected chi connectivity index (χ0v) is 12.6. The molecule has 20 heavy (non-hydrogen) atoms. The average molecular weight is 300 g/mol. The fourth-order valence-electron chi connectivity index (χ4n) is 1.71. The molecule has 0 aromatic heterocycles. The van der Waals surface area contributed by atoms with Gasteiger partial charge in [-0.05, 0) is 18.2 Å². The minimum atomic E-state index is -3.62.